The Hall–Kier alpha value is -0.650. The van der Waals surface area contributed by atoms with Crippen LogP contribution in [0.25, 0.3) is 0 Å². The topological polar surface area (TPSA) is 70.6 Å². The second kappa shape index (κ2) is 8.50. The lowest BCUT2D eigenvalue weighted by Crippen LogP contribution is -2.47. The maximum absolute atomic E-state index is 11.6. The number of nitrogens with one attached hydrogen (secondary N) is 2. The van der Waals surface area contributed by atoms with Crippen molar-refractivity contribution in [3.05, 3.63) is 0 Å². The molecule has 0 aliphatic heterocycles. The monoisotopic (exact) mass is 232 g/mol. The number of rotatable bonds is 8. The van der Waals surface area contributed by atoms with Crippen molar-refractivity contribution in [2.45, 2.75) is 45.4 Å². The Morgan fingerprint density at radius 1 is 1.44 bits per heavy atom. The smallest absolute Gasteiger partial charge is 0.237 e. The summed E-state index contributed by atoms with van der Waals surface area (Å²) in [5.74, 6) is -0.0426. The predicted octanol–water partition coefficient (Wildman–Crippen LogP) is -0.113. The van der Waals surface area contributed by atoms with Gasteiger partial charge < -0.3 is 20.5 Å². The van der Waals surface area contributed by atoms with Gasteiger partial charge in [0.25, 0.3) is 0 Å². The van der Waals surface area contributed by atoms with E-state index < -0.39 is 6.10 Å². The molecule has 0 saturated heterocycles. The van der Waals surface area contributed by atoms with Gasteiger partial charge in [0, 0.05) is 19.7 Å². The number of hydrogen-bond acceptors (Lipinski definition) is 4. The van der Waals surface area contributed by atoms with Crippen molar-refractivity contribution < 1.29 is 14.6 Å². The van der Waals surface area contributed by atoms with Crippen LogP contribution in [0.1, 0.15) is 27.2 Å². The second-order valence-corrected chi connectivity index (χ2v) is 4.06. The highest BCUT2D eigenvalue weighted by molar-refractivity contribution is 5.81. The Labute approximate surface area is 97.6 Å². The van der Waals surface area contributed by atoms with Gasteiger partial charge >= 0.3 is 0 Å². The summed E-state index contributed by atoms with van der Waals surface area (Å²) in [6.45, 7) is 6.38. The molecule has 0 radical (unpaired) electrons. The minimum absolute atomic E-state index is 0.0426. The molecule has 0 rings (SSSR count). The van der Waals surface area contributed by atoms with E-state index in [0.29, 0.717) is 6.54 Å². The molecule has 0 aromatic heterocycles. The summed E-state index contributed by atoms with van der Waals surface area (Å²) < 4.78 is 4.79. The fraction of sp³-hybridized carbons (Fsp3) is 0.909. The van der Waals surface area contributed by atoms with Crippen molar-refractivity contribution in [1.29, 1.82) is 0 Å². The average molecular weight is 232 g/mol. The molecular weight excluding hydrogens is 208 g/mol. The molecule has 3 N–H and O–H groups in total. The summed E-state index contributed by atoms with van der Waals surface area (Å²) in [6.07, 6.45) is 0.328. The van der Waals surface area contributed by atoms with Gasteiger partial charge in [0.2, 0.25) is 5.91 Å². The lowest BCUT2D eigenvalue weighted by Gasteiger charge is -2.18. The Bertz CT molecular complexity index is 200. The van der Waals surface area contributed by atoms with Crippen LogP contribution in [-0.2, 0) is 9.53 Å². The average Bonchev–Trinajstić information content (AvgIpc) is 2.25. The van der Waals surface area contributed by atoms with Gasteiger partial charge in [-0.3, -0.25) is 4.79 Å². The van der Waals surface area contributed by atoms with Gasteiger partial charge in [0.15, 0.2) is 0 Å². The quantitative estimate of drug-likeness (QED) is 0.546. The molecular formula is C11H24N2O3. The summed E-state index contributed by atoms with van der Waals surface area (Å²) in [5.41, 5.74) is 0. The molecule has 5 heteroatoms. The maximum Gasteiger partial charge on any atom is 0.237 e. The van der Waals surface area contributed by atoms with Crippen LogP contribution in [-0.4, -0.2) is 49.5 Å². The first-order valence-corrected chi connectivity index (χ1v) is 5.72. The highest BCUT2D eigenvalue weighted by Crippen LogP contribution is 1.91. The molecule has 0 spiro atoms. The Kier molecular flexibility index (Phi) is 8.15. The summed E-state index contributed by atoms with van der Waals surface area (Å²) in [5, 5.41) is 15.2. The van der Waals surface area contributed by atoms with Crippen LogP contribution in [0.5, 0.6) is 0 Å². The second-order valence-electron chi connectivity index (χ2n) is 4.06. The molecule has 0 bridgehead atoms. The first-order valence-electron chi connectivity index (χ1n) is 5.72. The number of hydrogen-bond donors (Lipinski definition) is 3. The fourth-order valence-electron chi connectivity index (χ4n) is 1.13. The number of aliphatic hydroxyl groups is 1. The minimum Gasteiger partial charge on any atom is -0.389 e. The SMILES string of the molecule is CCC(C)NC(=O)C(C)NCC(O)COC. The normalized spacial score (nSPS) is 16.6. The summed E-state index contributed by atoms with van der Waals surface area (Å²) in [7, 11) is 1.53. The van der Waals surface area contributed by atoms with Crippen molar-refractivity contribution in [3.63, 3.8) is 0 Å². The van der Waals surface area contributed by atoms with Crippen LogP contribution in [0.15, 0.2) is 0 Å². The third kappa shape index (κ3) is 6.76. The molecule has 0 aromatic carbocycles. The molecule has 0 aromatic rings. The van der Waals surface area contributed by atoms with Crippen molar-refractivity contribution >= 4 is 5.91 Å². The molecule has 0 fully saturated rings. The Morgan fingerprint density at radius 3 is 2.56 bits per heavy atom. The van der Waals surface area contributed by atoms with Gasteiger partial charge in [-0.05, 0) is 20.3 Å². The highest BCUT2D eigenvalue weighted by atomic mass is 16.5. The van der Waals surface area contributed by atoms with Gasteiger partial charge in [-0.2, -0.15) is 0 Å². The third-order valence-corrected chi connectivity index (χ3v) is 2.41. The molecule has 1 amide bonds. The summed E-state index contributed by atoms with van der Waals surface area (Å²) in [4.78, 5) is 11.6. The van der Waals surface area contributed by atoms with Crippen molar-refractivity contribution in [2.24, 2.45) is 0 Å². The minimum atomic E-state index is -0.580. The third-order valence-electron chi connectivity index (χ3n) is 2.41. The molecule has 96 valence electrons. The van der Waals surface area contributed by atoms with Gasteiger partial charge in [-0.1, -0.05) is 6.92 Å². The van der Waals surface area contributed by atoms with Crippen LogP contribution in [0.3, 0.4) is 0 Å². The Balaban J connectivity index is 3.78. The summed E-state index contributed by atoms with van der Waals surface area (Å²) >= 11 is 0. The maximum atomic E-state index is 11.6. The zero-order chi connectivity index (χ0) is 12.6. The number of carbonyl (C=O) groups is 1. The van der Waals surface area contributed by atoms with Crippen molar-refractivity contribution in [3.8, 4) is 0 Å². The standard InChI is InChI=1S/C11H24N2O3/c1-5-8(2)13-11(15)9(3)12-6-10(14)7-16-4/h8-10,12,14H,5-7H2,1-4H3,(H,13,15). The van der Waals surface area contributed by atoms with E-state index in [9.17, 15) is 9.90 Å². The molecule has 0 aliphatic carbocycles. The van der Waals surface area contributed by atoms with E-state index in [1.807, 2.05) is 13.8 Å². The molecule has 3 unspecified atom stereocenters. The predicted molar refractivity (Wildman–Crippen MR) is 63.2 cm³/mol. The lowest BCUT2D eigenvalue weighted by atomic mass is 10.2. The number of carbonyl (C=O) groups excluding carboxylic acids is 1. The van der Waals surface area contributed by atoms with Gasteiger partial charge in [0.05, 0.1) is 18.8 Å². The van der Waals surface area contributed by atoms with Gasteiger partial charge in [0.1, 0.15) is 0 Å². The number of ether oxygens (including phenoxy) is 1. The summed E-state index contributed by atoms with van der Waals surface area (Å²) in [6, 6.07) is -0.124. The van der Waals surface area contributed by atoms with E-state index in [-0.39, 0.29) is 24.6 Å². The van der Waals surface area contributed by atoms with Crippen molar-refractivity contribution in [1.82, 2.24) is 10.6 Å². The molecule has 0 heterocycles. The largest absolute Gasteiger partial charge is 0.389 e. The zero-order valence-electron chi connectivity index (χ0n) is 10.6. The van der Waals surface area contributed by atoms with Crippen molar-refractivity contribution in [2.75, 3.05) is 20.3 Å². The molecule has 5 nitrogen and oxygen atoms in total. The number of methoxy groups -OCH3 is 1. The zero-order valence-corrected chi connectivity index (χ0v) is 10.6. The lowest BCUT2D eigenvalue weighted by molar-refractivity contribution is -0.123. The first-order chi connectivity index (χ1) is 7.51. The molecule has 0 aliphatic rings. The van der Waals surface area contributed by atoms with Gasteiger partial charge in [-0.15, -0.1) is 0 Å². The van der Waals surface area contributed by atoms with E-state index in [4.69, 9.17) is 4.74 Å². The van der Waals surface area contributed by atoms with E-state index in [2.05, 4.69) is 10.6 Å². The van der Waals surface area contributed by atoms with Crippen LogP contribution < -0.4 is 10.6 Å². The fourth-order valence-corrected chi connectivity index (χ4v) is 1.13. The molecule has 0 saturated carbocycles. The van der Waals surface area contributed by atoms with Gasteiger partial charge in [-0.25, -0.2) is 0 Å². The number of aliphatic hydroxyl groups excluding tert-OH is 1. The molecule has 3 atom stereocenters. The van der Waals surface area contributed by atoms with E-state index in [0.717, 1.165) is 6.42 Å². The van der Waals surface area contributed by atoms with E-state index in [1.165, 1.54) is 7.11 Å². The molecule has 16 heavy (non-hydrogen) atoms. The first kappa shape index (κ1) is 15.3. The van der Waals surface area contributed by atoms with E-state index >= 15 is 0 Å². The van der Waals surface area contributed by atoms with Crippen LogP contribution in [0, 0.1) is 0 Å². The number of amides is 1. The van der Waals surface area contributed by atoms with Crippen LogP contribution in [0.4, 0.5) is 0 Å². The Morgan fingerprint density at radius 2 is 2.06 bits per heavy atom. The highest BCUT2D eigenvalue weighted by Gasteiger charge is 2.15. The van der Waals surface area contributed by atoms with Crippen LogP contribution >= 0.6 is 0 Å². The van der Waals surface area contributed by atoms with Crippen LogP contribution in [0.2, 0.25) is 0 Å². The van der Waals surface area contributed by atoms with E-state index in [1.54, 1.807) is 6.92 Å².